The van der Waals surface area contributed by atoms with Crippen molar-refractivity contribution in [1.82, 2.24) is 9.55 Å². The van der Waals surface area contributed by atoms with Crippen molar-refractivity contribution in [1.29, 1.82) is 0 Å². The summed E-state index contributed by atoms with van der Waals surface area (Å²) < 4.78 is 29.1. The molecule has 3 aromatic rings. The SMILES string of the molecule is Cn1ccnc1Sc1ccc(S(=O)(=O)Nc2ccccc2)cc1[N+](=O)[O-]. The van der Waals surface area contributed by atoms with E-state index in [0.717, 1.165) is 17.8 Å². The van der Waals surface area contributed by atoms with E-state index in [1.165, 1.54) is 12.1 Å². The van der Waals surface area contributed by atoms with E-state index < -0.39 is 14.9 Å². The molecule has 0 radical (unpaired) electrons. The Morgan fingerprint density at radius 1 is 1.19 bits per heavy atom. The van der Waals surface area contributed by atoms with Crippen molar-refractivity contribution in [2.24, 2.45) is 7.05 Å². The van der Waals surface area contributed by atoms with Crippen LogP contribution in [0.4, 0.5) is 11.4 Å². The van der Waals surface area contributed by atoms with Crippen LogP contribution in [0.1, 0.15) is 0 Å². The maximum absolute atomic E-state index is 12.5. The van der Waals surface area contributed by atoms with Gasteiger partial charge in [0.1, 0.15) is 0 Å². The quantitative estimate of drug-likeness (QED) is 0.511. The molecule has 0 unspecified atom stereocenters. The summed E-state index contributed by atoms with van der Waals surface area (Å²) >= 11 is 1.09. The molecule has 8 nitrogen and oxygen atoms in total. The lowest BCUT2D eigenvalue weighted by atomic mass is 10.3. The topological polar surface area (TPSA) is 107 Å². The molecule has 0 amide bonds. The van der Waals surface area contributed by atoms with Crippen LogP contribution in [0.25, 0.3) is 0 Å². The van der Waals surface area contributed by atoms with E-state index in [-0.39, 0.29) is 10.6 Å². The summed E-state index contributed by atoms with van der Waals surface area (Å²) in [4.78, 5) is 15.1. The lowest BCUT2D eigenvalue weighted by Crippen LogP contribution is -2.13. The third-order valence-corrected chi connectivity index (χ3v) is 5.96. The molecule has 134 valence electrons. The molecule has 0 aliphatic heterocycles. The van der Waals surface area contributed by atoms with Crippen LogP contribution in [0.5, 0.6) is 0 Å². The largest absolute Gasteiger partial charge is 0.329 e. The maximum atomic E-state index is 12.5. The first-order valence-electron chi connectivity index (χ1n) is 7.38. The monoisotopic (exact) mass is 390 g/mol. The summed E-state index contributed by atoms with van der Waals surface area (Å²) in [6, 6.07) is 12.1. The minimum Gasteiger partial charge on any atom is -0.329 e. The number of nitro benzene ring substituents is 1. The summed E-state index contributed by atoms with van der Waals surface area (Å²) in [5.74, 6) is 0. The number of para-hydroxylation sites is 1. The van der Waals surface area contributed by atoms with Crippen LogP contribution in [0, 0.1) is 10.1 Å². The van der Waals surface area contributed by atoms with Crippen molar-refractivity contribution >= 4 is 33.2 Å². The van der Waals surface area contributed by atoms with Gasteiger partial charge in [-0.15, -0.1) is 0 Å². The first-order chi connectivity index (χ1) is 12.4. The lowest BCUT2D eigenvalue weighted by molar-refractivity contribution is -0.388. The van der Waals surface area contributed by atoms with Gasteiger partial charge in [-0.1, -0.05) is 18.2 Å². The third-order valence-electron chi connectivity index (χ3n) is 3.44. The highest BCUT2D eigenvalue weighted by Crippen LogP contribution is 2.35. The van der Waals surface area contributed by atoms with Crippen LogP contribution in [0.2, 0.25) is 0 Å². The predicted octanol–water partition coefficient (Wildman–Crippen LogP) is 3.28. The number of benzene rings is 2. The van der Waals surface area contributed by atoms with Gasteiger partial charge in [-0.3, -0.25) is 14.8 Å². The molecule has 1 N–H and O–H groups in total. The second-order valence-electron chi connectivity index (χ2n) is 5.28. The Morgan fingerprint density at radius 3 is 2.54 bits per heavy atom. The Kier molecular flexibility index (Phi) is 4.96. The van der Waals surface area contributed by atoms with E-state index in [2.05, 4.69) is 9.71 Å². The number of nitro groups is 1. The van der Waals surface area contributed by atoms with Gasteiger partial charge in [0.15, 0.2) is 5.16 Å². The van der Waals surface area contributed by atoms with Crippen molar-refractivity contribution in [3.8, 4) is 0 Å². The van der Waals surface area contributed by atoms with E-state index in [1.807, 2.05) is 0 Å². The van der Waals surface area contributed by atoms with Crippen molar-refractivity contribution in [3.63, 3.8) is 0 Å². The molecule has 0 fully saturated rings. The van der Waals surface area contributed by atoms with Gasteiger partial charge in [0.25, 0.3) is 15.7 Å². The number of aromatic nitrogens is 2. The molecule has 0 aliphatic carbocycles. The van der Waals surface area contributed by atoms with Crippen LogP contribution >= 0.6 is 11.8 Å². The molecule has 0 bridgehead atoms. The molecule has 0 spiro atoms. The van der Waals surface area contributed by atoms with E-state index >= 15 is 0 Å². The zero-order chi connectivity index (χ0) is 18.7. The van der Waals surface area contributed by atoms with E-state index in [9.17, 15) is 18.5 Å². The number of rotatable bonds is 6. The predicted molar refractivity (Wildman–Crippen MR) is 97.7 cm³/mol. The molecular formula is C16H14N4O4S2. The fourth-order valence-electron chi connectivity index (χ4n) is 2.16. The zero-order valence-electron chi connectivity index (χ0n) is 13.6. The molecule has 0 aliphatic rings. The number of anilines is 1. The highest BCUT2D eigenvalue weighted by atomic mass is 32.2. The van der Waals surface area contributed by atoms with Crippen molar-refractivity contribution in [3.05, 3.63) is 71.0 Å². The van der Waals surface area contributed by atoms with Crippen molar-refractivity contribution in [2.75, 3.05) is 4.72 Å². The average molecular weight is 390 g/mol. The van der Waals surface area contributed by atoms with E-state index in [0.29, 0.717) is 15.7 Å². The number of nitrogens with zero attached hydrogens (tertiary/aromatic N) is 3. The average Bonchev–Trinajstić information content (AvgIpc) is 3.00. The summed E-state index contributed by atoms with van der Waals surface area (Å²) in [6.45, 7) is 0. The standard InChI is InChI=1S/C16H14N4O4S2/c1-19-10-9-17-16(19)25-15-8-7-13(11-14(15)20(21)22)26(23,24)18-12-5-3-2-4-6-12/h2-11,18H,1H3. The molecule has 1 heterocycles. The fourth-order valence-corrected chi connectivity index (χ4v) is 4.13. The fraction of sp³-hybridized carbons (Fsp3) is 0.0625. The number of imidazole rings is 1. The molecule has 3 rings (SSSR count). The van der Waals surface area contributed by atoms with Gasteiger partial charge in [0.05, 0.1) is 14.7 Å². The van der Waals surface area contributed by atoms with Crippen LogP contribution in [0.15, 0.2) is 75.9 Å². The molecule has 0 saturated carbocycles. The lowest BCUT2D eigenvalue weighted by Gasteiger charge is -2.09. The molecule has 1 aromatic heterocycles. The highest BCUT2D eigenvalue weighted by molar-refractivity contribution is 7.99. The summed E-state index contributed by atoms with van der Waals surface area (Å²) in [5.41, 5.74) is 0.0792. The van der Waals surface area contributed by atoms with Crippen LogP contribution in [-0.2, 0) is 17.1 Å². The Labute approximate surface area is 154 Å². The minimum atomic E-state index is -3.94. The normalized spacial score (nSPS) is 11.3. The number of hydrogen-bond donors (Lipinski definition) is 1. The molecule has 0 atom stereocenters. The van der Waals surface area contributed by atoms with E-state index in [4.69, 9.17) is 0 Å². The van der Waals surface area contributed by atoms with Gasteiger partial charge >= 0.3 is 0 Å². The summed E-state index contributed by atoms with van der Waals surface area (Å²) in [7, 11) is -2.17. The van der Waals surface area contributed by atoms with Gasteiger partial charge in [-0.2, -0.15) is 0 Å². The molecule has 2 aromatic carbocycles. The van der Waals surface area contributed by atoms with Crippen molar-refractivity contribution < 1.29 is 13.3 Å². The van der Waals surface area contributed by atoms with Crippen molar-refractivity contribution in [2.45, 2.75) is 14.9 Å². The smallest absolute Gasteiger partial charge is 0.284 e. The van der Waals surface area contributed by atoms with Crippen LogP contribution in [-0.4, -0.2) is 22.9 Å². The number of aryl methyl sites for hydroxylation is 1. The Hall–Kier alpha value is -2.85. The van der Waals surface area contributed by atoms with Gasteiger partial charge in [-0.05, 0) is 36.0 Å². The highest BCUT2D eigenvalue weighted by Gasteiger charge is 2.23. The number of sulfonamides is 1. The minimum absolute atomic E-state index is 0.183. The molecular weight excluding hydrogens is 376 g/mol. The van der Waals surface area contributed by atoms with Gasteiger partial charge < -0.3 is 4.57 Å². The summed E-state index contributed by atoms with van der Waals surface area (Å²) in [6.07, 6.45) is 3.30. The zero-order valence-corrected chi connectivity index (χ0v) is 15.2. The van der Waals surface area contributed by atoms with Gasteiger partial charge in [0.2, 0.25) is 0 Å². The second kappa shape index (κ2) is 7.18. The number of nitrogens with one attached hydrogen (secondary N) is 1. The number of hydrogen-bond acceptors (Lipinski definition) is 6. The second-order valence-corrected chi connectivity index (χ2v) is 7.97. The maximum Gasteiger partial charge on any atom is 0.284 e. The molecule has 10 heteroatoms. The first kappa shape index (κ1) is 18.0. The van der Waals surface area contributed by atoms with Crippen LogP contribution in [0.3, 0.4) is 0 Å². The Balaban J connectivity index is 1.95. The molecule has 0 saturated heterocycles. The Bertz CT molecular complexity index is 1050. The molecule has 26 heavy (non-hydrogen) atoms. The first-order valence-corrected chi connectivity index (χ1v) is 9.68. The van der Waals surface area contributed by atoms with Gasteiger partial charge in [0, 0.05) is 31.2 Å². The Morgan fingerprint density at radius 2 is 1.92 bits per heavy atom. The van der Waals surface area contributed by atoms with Gasteiger partial charge in [-0.25, -0.2) is 13.4 Å². The third kappa shape index (κ3) is 3.86. The summed E-state index contributed by atoms with van der Waals surface area (Å²) in [5, 5.41) is 12.0. The van der Waals surface area contributed by atoms with Crippen LogP contribution < -0.4 is 4.72 Å². The van der Waals surface area contributed by atoms with E-state index in [1.54, 1.807) is 54.3 Å².